The number of anilines is 1. The van der Waals surface area contributed by atoms with Crippen molar-refractivity contribution in [3.8, 4) is 0 Å². The van der Waals surface area contributed by atoms with Crippen LogP contribution in [0, 0.1) is 5.82 Å². The summed E-state index contributed by atoms with van der Waals surface area (Å²) in [6, 6.07) is 5.83. The van der Waals surface area contributed by atoms with E-state index in [1.165, 1.54) is 28.4 Å². The Hall–Kier alpha value is -2.85. The Morgan fingerprint density at radius 1 is 1.19 bits per heavy atom. The number of hydrogen-bond donors (Lipinski definition) is 2. The van der Waals surface area contributed by atoms with Crippen molar-refractivity contribution < 1.29 is 23.5 Å². The summed E-state index contributed by atoms with van der Waals surface area (Å²) in [5.74, 6) is -1.27. The molecule has 1 aromatic carbocycles. The summed E-state index contributed by atoms with van der Waals surface area (Å²) in [7, 11) is 0. The number of hydrogen-bond acceptors (Lipinski definition) is 6. The number of halogens is 1. The maximum absolute atomic E-state index is 13.0. The Balaban J connectivity index is 1.50. The Bertz CT molecular complexity index is 870. The third kappa shape index (κ3) is 7.72. The number of benzene rings is 1. The molecular weight excluding hydrogens is 423 g/mol. The molecule has 3 rings (SSSR count). The van der Waals surface area contributed by atoms with Crippen LogP contribution in [0.2, 0.25) is 0 Å². The predicted molar refractivity (Wildman–Crippen MR) is 114 cm³/mol. The van der Waals surface area contributed by atoms with Crippen molar-refractivity contribution in [3.05, 3.63) is 47.2 Å². The van der Waals surface area contributed by atoms with Gasteiger partial charge in [-0.3, -0.25) is 14.4 Å². The van der Waals surface area contributed by atoms with Crippen molar-refractivity contribution in [1.29, 1.82) is 0 Å². The van der Waals surface area contributed by atoms with E-state index in [4.69, 9.17) is 4.74 Å². The first kappa shape index (κ1) is 22.8. The number of carbonyl (C=O) groups excluding carboxylic acids is 3. The number of ether oxygens (including phenoxy) is 1. The van der Waals surface area contributed by atoms with Crippen LogP contribution in [0.4, 0.5) is 9.52 Å². The summed E-state index contributed by atoms with van der Waals surface area (Å²) in [6.07, 6.45) is 3.19. The van der Waals surface area contributed by atoms with Gasteiger partial charge in [0.05, 0.1) is 12.6 Å². The molecule has 0 radical (unpaired) electrons. The minimum Gasteiger partial charge on any atom is -0.376 e. The van der Waals surface area contributed by atoms with Crippen molar-refractivity contribution >= 4 is 34.2 Å². The third-order valence-electron chi connectivity index (χ3n) is 4.78. The molecule has 1 atom stereocenters. The summed E-state index contributed by atoms with van der Waals surface area (Å²) in [5, 5.41) is 7.61. The highest BCUT2D eigenvalue weighted by Crippen LogP contribution is 2.15. The molecule has 1 aromatic heterocycles. The van der Waals surface area contributed by atoms with Crippen LogP contribution < -0.4 is 10.6 Å². The van der Waals surface area contributed by atoms with E-state index < -0.39 is 0 Å². The first-order chi connectivity index (χ1) is 15.0. The van der Waals surface area contributed by atoms with Crippen molar-refractivity contribution in [2.24, 2.45) is 0 Å². The van der Waals surface area contributed by atoms with Gasteiger partial charge in [0.1, 0.15) is 5.82 Å². The molecule has 1 fully saturated rings. The second-order valence-corrected chi connectivity index (χ2v) is 8.09. The van der Waals surface area contributed by atoms with Crippen LogP contribution in [0.1, 0.15) is 31.2 Å². The van der Waals surface area contributed by atoms with Crippen molar-refractivity contribution in [2.45, 2.75) is 38.3 Å². The van der Waals surface area contributed by atoms with E-state index in [9.17, 15) is 18.8 Å². The highest BCUT2D eigenvalue weighted by molar-refractivity contribution is 7.13. The average Bonchev–Trinajstić information content (AvgIpc) is 3.45. The zero-order valence-corrected chi connectivity index (χ0v) is 17.8. The number of thiazole rings is 1. The lowest BCUT2D eigenvalue weighted by atomic mass is 10.2. The standard InChI is InChI=1S/C21H25FN4O4S/c22-16-5-3-15(4-6-16)12-24-19(28)14-26(13-17-2-1-10-30-17)20(29)8-7-18(27)25-21-23-9-11-31-21/h3-6,9,11,17H,1-2,7-8,10,12-14H2,(H,24,28)(H,23,25,27)/t17-/m0/s1. The largest absolute Gasteiger partial charge is 0.376 e. The molecule has 0 saturated carbocycles. The monoisotopic (exact) mass is 448 g/mol. The van der Waals surface area contributed by atoms with Gasteiger partial charge in [-0.2, -0.15) is 0 Å². The van der Waals surface area contributed by atoms with Crippen LogP contribution in [0.5, 0.6) is 0 Å². The molecule has 1 saturated heterocycles. The topological polar surface area (TPSA) is 101 Å². The SMILES string of the molecule is O=C(CN(C[C@@H]1CCCO1)C(=O)CCC(=O)Nc1nccs1)NCc1ccc(F)cc1. The van der Waals surface area contributed by atoms with Crippen molar-refractivity contribution in [3.63, 3.8) is 0 Å². The van der Waals surface area contributed by atoms with E-state index in [0.29, 0.717) is 18.3 Å². The second kappa shape index (κ2) is 11.5. The van der Waals surface area contributed by atoms with E-state index in [0.717, 1.165) is 18.4 Å². The highest BCUT2D eigenvalue weighted by atomic mass is 32.1. The molecule has 2 aromatic rings. The molecule has 166 valence electrons. The fraction of sp³-hybridized carbons (Fsp3) is 0.429. The van der Waals surface area contributed by atoms with Gasteiger partial charge in [0.2, 0.25) is 17.7 Å². The molecule has 0 bridgehead atoms. The first-order valence-electron chi connectivity index (χ1n) is 10.1. The smallest absolute Gasteiger partial charge is 0.239 e. The molecule has 2 N–H and O–H groups in total. The summed E-state index contributed by atoms with van der Waals surface area (Å²) in [5.41, 5.74) is 0.755. The maximum atomic E-state index is 13.0. The minimum atomic E-state index is -0.345. The lowest BCUT2D eigenvalue weighted by Crippen LogP contribution is -2.44. The maximum Gasteiger partial charge on any atom is 0.239 e. The van der Waals surface area contributed by atoms with E-state index in [1.807, 2.05) is 0 Å². The molecule has 31 heavy (non-hydrogen) atoms. The predicted octanol–water partition coefficient (Wildman–Crippen LogP) is 2.32. The molecule has 3 amide bonds. The van der Waals surface area contributed by atoms with Gasteiger partial charge in [0, 0.05) is 44.1 Å². The summed E-state index contributed by atoms with van der Waals surface area (Å²) < 4.78 is 18.6. The quantitative estimate of drug-likeness (QED) is 0.581. The minimum absolute atomic E-state index is 0.00235. The van der Waals surface area contributed by atoms with Crippen LogP contribution in [0.15, 0.2) is 35.8 Å². The van der Waals surface area contributed by atoms with Gasteiger partial charge in [-0.05, 0) is 30.5 Å². The molecular formula is C21H25FN4O4S. The van der Waals surface area contributed by atoms with E-state index >= 15 is 0 Å². The summed E-state index contributed by atoms with van der Waals surface area (Å²) in [6.45, 7) is 1.04. The Labute approximate surface area is 183 Å². The molecule has 1 aliphatic rings. The van der Waals surface area contributed by atoms with Gasteiger partial charge in [-0.1, -0.05) is 12.1 Å². The molecule has 0 aliphatic carbocycles. The Morgan fingerprint density at radius 3 is 2.68 bits per heavy atom. The average molecular weight is 449 g/mol. The zero-order chi connectivity index (χ0) is 22.1. The van der Waals surface area contributed by atoms with Gasteiger partial charge >= 0.3 is 0 Å². The first-order valence-corrected chi connectivity index (χ1v) is 11.0. The van der Waals surface area contributed by atoms with E-state index in [2.05, 4.69) is 15.6 Å². The van der Waals surface area contributed by atoms with Crippen LogP contribution in [-0.4, -0.2) is 53.4 Å². The number of aromatic nitrogens is 1. The number of carbonyl (C=O) groups is 3. The molecule has 1 aliphatic heterocycles. The van der Waals surface area contributed by atoms with Gasteiger partial charge in [-0.15, -0.1) is 11.3 Å². The fourth-order valence-electron chi connectivity index (χ4n) is 3.17. The van der Waals surface area contributed by atoms with E-state index in [1.54, 1.807) is 23.7 Å². The fourth-order valence-corrected chi connectivity index (χ4v) is 3.71. The number of nitrogens with zero attached hydrogens (tertiary/aromatic N) is 2. The third-order valence-corrected chi connectivity index (χ3v) is 5.47. The normalized spacial score (nSPS) is 15.5. The molecule has 8 nitrogen and oxygen atoms in total. The van der Waals surface area contributed by atoms with Gasteiger partial charge in [0.25, 0.3) is 0 Å². The molecule has 0 spiro atoms. The van der Waals surface area contributed by atoms with Crippen LogP contribution >= 0.6 is 11.3 Å². The summed E-state index contributed by atoms with van der Waals surface area (Å²) >= 11 is 1.30. The summed E-state index contributed by atoms with van der Waals surface area (Å²) in [4.78, 5) is 42.6. The number of amides is 3. The van der Waals surface area contributed by atoms with Crippen molar-refractivity contribution in [1.82, 2.24) is 15.2 Å². The van der Waals surface area contributed by atoms with Gasteiger partial charge in [0.15, 0.2) is 5.13 Å². The lowest BCUT2D eigenvalue weighted by molar-refractivity contribution is -0.138. The van der Waals surface area contributed by atoms with E-state index in [-0.39, 0.29) is 55.6 Å². The number of nitrogens with one attached hydrogen (secondary N) is 2. The number of rotatable bonds is 10. The highest BCUT2D eigenvalue weighted by Gasteiger charge is 2.24. The molecule has 2 heterocycles. The van der Waals surface area contributed by atoms with Gasteiger partial charge in [-0.25, -0.2) is 9.37 Å². The lowest BCUT2D eigenvalue weighted by Gasteiger charge is -2.25. The Kier molecular flexibility index (Phi) is 8.48. The van der Waals surface area contributed by atoms with Crippen LogP contribution in [0.25, 0.3) is 0 Å². The zero-order valence-electron chi connectivity index (χ0n) is 17.0. The van der Waals surface area contributed by atoms with Crippen LogP contribution in [0.3, 0.4) is 0 Å². The molecule has 0 unspecified atom stereocenters. The van der Waals surface area contributed by atoms with Crippen LogP contribution in [-0.2, 0) is 25.7 Å². The molecule has 10 heteroatoms. The van der Waals surface area contributed by atoms with Crippen molar-refractivity contribution in [2.75, 3.05) is 25.0 Å². The second-order valence-electron chi connectivity index (χ2n) is 7.20. The van der Waals surface area contributed by atoms with Gasteiger partial charge < -0.3 is 20.3 Å². The Morgan fingerprint density at radius 2 is 2.00 bits per heavy atom.